The SMILES string of the molecule is Cc1ccc([C@H]2S[C@H](C)C(=O)Nc3n[nH]c(C)c32)cc1. The fraction of sp³-hybridized carbons (Fsp3) is 0.333. The van der Waals surface area contributed by atoms with Crippen LogP contribution in [0.5, 0.6) is 0 Å². The molecule has 4 nitrogen and oxygen atoms in total. The Labute approximate surface area is 122 Å². The second kappa shape index (κ2) is 4.98. The van der Waals surface area contributed by atoms with Gasteiger partial charge in [-0.2, -0.15) is 5.10 Å². The third-order valence-corrected chi connectivity index (χ3v) is 4.99. The Balaban J connectivity index is 2.10. The smallest absolute Gasteiger partial charge is 0.238 e. The Morgan fingerprint density at radius 3 is 2.60 bits per heavy atom. The van der Waals surface area contributed by atoms with Crippen molar-refractivity contribution in [3.8, 4) is 0 Å². The van der Waals surface area contributed by atoms with E-state index in [2.05, 4.69) is 46.7 Å². The third-order valence-electron chi connectivity index (χ3n) is 3.59. The Kier molecular flexibility index (Phi) is 3.30. The van der Waals surface area contributed by atoms with Crippen LogP contribution in [0.4, 0.5) is 5.82 Å². The minimum atomic E-state index is -0.102. The molecule has 1 aliphatic heterocycles. The van der Waals surface area contributed by atoms with Gasteiger partial charge in [0.25, 0.3) is 0 Å². The molecule has 0 fully saturated rings. The number of carbonyl (C=O) groups is 1. The van der Waals surface area contributed by atoms with Crippen molar-refractivity contribution in [3.63, 3.8) is 0 Å². The lowest BCUT2D eigenvalue weighted by atomic mass is 10.0. The maximum absolute atomic E-state index is 12.0. The van der Waals surface area contributed by atoms with Crippen LogP contribution in [0.2, 0.25) is 0 Å². The molecule has 2 atom stereocenters. The lowest BCUT2D eigenvalue weighted by molar-refractivity contribution is -0.115. The highest BCUT2D eigenvalue weighted by Gasteiger charge is 2.31. The van der Waals surface area contributed by atoms with E-state index in [0.717, 1.165) is 11.3 Å². The van der Waals surface area contributed by atoms with E-state index in [-0.39, 0.29) is 16.4 Å². The van der Waals surface area contributed by atoms with Crippen LogP contribution in [0, 0.1) is 13.8 Å². The summed E-state index contributed by atoms with van der Waals surface area (Å²) in [5.41, 5.74) is 4.53. The molecule has 104 valence electrons. The summed E-state index contributed by atoms with van der Waals surface area (Å²) in [5, 5.41) is 10.1. The molecule has 0 radical (unpaired) electrons. The lowest BCUT2D eigenvalue weighted by Crippen LogP contribution is -2.21. The number of nitrogens with zero attached hydrogens (tertiary/aromatic N) is 1. The second-order valence-electron chi connectivity index (χ2n) is 5.17. The summed E-state index contributed by atoms with van der Waals surface area (Å²) in [6, 6.07) is 8.48. The summed E-state index contributed by atoms with van der Waals surface area (Å²) in [7, 11) is 0. The van der Waals surface area contributed by atoms with Crippen molar-refractivity contribution >= 4 is 23.5 Å². The Bertz CT molecular complexity index is 648. The number of carbonyl (C=O) groups excluding carboxylic acids is 1. The highest BCUT2D eigenvalue weighted by atomic mass is 32.2. The monoisotopic (exact) mass is 287 g/mol. The van der Waals surface area contributed by atoms with Gasteiger partial charge >= 0.3 is 0 Å². The maximum atomic E-state index is 12.0. The highest BCUT2D eigenvalue weighted by Crippen LogP contribution is 2.44. The van der Waals surface area contributed by atoms with Gasteiger partial charge in [0, 0.05) is 11.3 Å². The molecule has 0 spiro atoms. The molecule has 0 saturated heterocycles. The minimum Gasteiger partial charge on any atom is -0.308 e. The predicted octanol–water partition coefficient (Wildman–Crippen LogP) is 3.19. The molecular formula is C15H17N3OS. The molecule has 0 bridgehead atoms. The number of amides is 1. The van der Waals surface area contributed by atoms with Crippen molar-refractivity contribution in [2.75, 3.05) is 5.32 Å². The summed E-state index contributed by atoms with van der Waals surface area (Å²) >= 11 is 1.66. The first kappa shape index (κ1) is 13.2. The van der Waals surface area contributed by atoms with Crippen molar-refractivity contribution in [2.45, 2.75) is 31.3 Å². The van der Waals surface area contributed by atoms with Crippen LogP contribution in [0.1, 0.15) is 34.6 Å². The van der Waals surface area contributed by atoms with Crippen molar-refractivity contribution in [1.82, 2.24) is 10.2 Å². The number of rotatable bonds is 1. The quantitative estimate of drug-likeness (QED) is 0.847. The largest absolute Gasteiger partial charge is 0.308 e. The minimum absolute atomic E-state index is 0.0114. The molecule has 5 heteroatoms. The van der Waals surface area contributed by atoms with E-state index in [1.165, 1.54) is 11.1 Å². The van der Waals surface area contributed by atoms with E-state index in [1.807, 2.05) is 13.8 Å². The molecule has 2 heterocycles. The molecule has 0 aliphatic carbocycles. The average Bonchev–Trinajstić information content (AvgIpc) is 2.71. The van der Waals surface area contributed by atoms with Gasteiger partial charge in [-0.1, -0.05) is 29.8 Å². The molecule has 2 aromatic rings. The van der Waals surface area contributed by atoms with E-state index in [0.29, 0.717) is 5.82 Å². The zero-order valence-electron chi connectivity index (χ0n) is 11.7. The van der Waals surface area contributed by atoms with Gasteiger partial charge in [0.2, 0.25) is 5.91 Å². The fourth-order valence-electron chi connectivity index (χ4n) is 2.39. The maximum Gasteiger partial charge on any atom is 0.238 e. The summed E-state index contributed by atoms with van der Waals surface area (Å²) < 4.78 is 0. The standard InChI is InChI=1S/C15H17N3OS/c1-8-4-6-11(7-5-8)13-12-9(2)17-18-14(12)16-15(19)10(3)20-13/h4-7,10,13H,1-3H3,(H2,16,17,18,19)/t10-,13-/m1/s1. The number of aromatic nitrogens is 2. The Hall–Kier alpha value is -1.75. The summed E-state index contributed by atoms with van der Waals surface area (Å²) in [6.45, 7) is 6.01. The van der Waals surface area contributed by atoms with Gasteiger partial charge < -0.3 is 5.32 Å². The first-order valence-corrected chi connectivity index (χ1v) is 7.58. The molecule has 20 heavy (non-hydrogen) atoms. The highest BCUT2D eigenvalue weighted by molar-refractivity contribution is 8.01. The first-order chi connectivity index (χ1) is 9.56. The summed E-state index contributed by atoms with van der Waals surface area (Å²) in [6.07, 6.45) is 0. The van der Waals surface area contributed by atoms with Crippen LogP contribution in [-0.2, 0) is 4.79 Å². The predicted molar refractivity (Wildman–Crippen MR) is 82.0 cm³/mol. The molecule has 1 aliphatic rings. The Morgan fingerprint density at radius 2 is 1.90 bits per heavy atom. The number of thioether (sulfide) groups is 1. The van der Waals surface area contributed by atoms with E-state index in [4.69, 9.17) is 0 Å². The number of anilines is 1. The number of aromatic amines is 1. The zero-order chi connectivity index (χ0) is 14.3. The number of hydrogen-bond donors (Lipinski definition) is 2. The number of aryl methyl sites for hydroxylation is 2. The van der Waals surface area contributed by atoms with Crippen molar-refractivity contribution < 1.29 is 4.79 Å². The summed E-state index contributed by atoms with van der Waals surface area (Å²) in [5.74, 6) is 0.673. The number of fused-ring (bicyclic) bond motifs is 1. The van der Waals surface area contributed by atoms with Gasteiger partial charge in [-0.05, 0) is 26.3 Å². The van der Waals surface area contributed by atoms with Gasteiger partial charge in [0.1, 0.15) is 0 Å². The second-order valence-corrected chi connectivity index (χ2v) is 6.62. The van der Waals surface area contributed by atoms with Gasteiger partial charge in [0.15, 0.2) is 5.82 Å². The van der Waals surface area contributed by atoms with Crippen LogP contribution >= 0.6 is 11.8 Å². The number of benzene rings is 1. The molecule has 0 unspecified atom stereocenters. The molecule has 1 aromatic carbocycles. The zero-order valence-corrected chi connectivity index (χ0v) is 12.5. The van der Waals surface area contributed by atoms with Crippen LogP contribution in [0.25, 0.3) is 0 Å². The lowest BCUT2D eigenvalue weighted by Gasteiger charge is -2.17. The van der Waals surface area contributed by atoms with Gasteiger partial charge in [-0.3, -0.25) is 9.89 Å². The average molecular weight is 287 g/mol. The van der Waals surface area contributed by atoms with E-state index < -0.39 is 0 Å². The van der Waals surface area contributed by atoms with Gasteiger partial charge in [-0.15, -0.1) is 11.8 Å². The van der Waals surface area contributed by atoms with Crippen LogP contribution in [-0.4, -0.2) is 21.4 Å². The van der Waals surface area contributed by atoms with E-state index in [1.54, 1.807) is 11.8 Å². The molecule has 1 amide bonds. The molecule has 1 aromatic heterocycles. The molecule has 3 rings (SSSR count). The first-order valence-electron chi connectivity index (χ1n) is 6.64. The van der Waals surface area contributed by atoms with Gasteiger partial charge in [0.05, 0.1) is 10.5 Å². The number of H-pyrrole nitrogens is 1. The van der Waals surface area contributed by atoms with E-state index in [9.17, 15) is 4.79 Å². The topological polar surface area (TPSA) is 57.8 Å². The van der Waals surface area contributed by atoms with Crippen LogP contribution < -0.4 is 5.32 Å². The molecular weight excluding hydrogens is 270 g/mol. The molecule has 2 N–H and O–H groups in total. The van der Waals surface area contributed by atoms with Gasteiger partial charge in [-0.25, -0.2) is 0 Å². The number of hydrogen-bond acceptors (Lipinski definition) is 3. The van der Waals surface area contributed by atoms with Crippen molar-refractivity contribution in [3.05, 3.63) is 46.6 Å². The normalized spacial score (nSPS) is 22.1. The fourth-order valence-corrected chi connectivity index (χ4v) is 3.72. The van der Waals surface area contributed by atoms with Crippen molar-refractivity contribution in [2.24, 2.45) is 0 Å². The Morgan fingerprint density at radius 1 is 1.20 bits per heavy atom. The number of nitrogens with one attached hydrogen (secondary N) is 2. The van der Waals surface area contributed by atoms with Crippen LogP contribution in [0.15, 0.2) is 24.3 Å². The van der Waals surface area contributed by atoms with E-state index >= 15 is 0 Å². The third kappa shape index (κ3) is 2.22. The van der Waals surface area contributed by atoms with Crippen LogP contribution in [0.3, 0.4) is 0 Å². The van der Waals surface area contributed by atoms with Crippen molar-refractivity contribution in [1.29, 1.82) is 0 Å². The summed E-state index contributed by atoms with van der Waals surface area (Å²) in [4.78, 5) is 12.0. The molecule has 0 saturated carbocycles.